The third-order valence-corrected chi connectivity index (χ3v) is 4.28. The van der Waals surface area contributed by atoms with Crippen molar-refractivity contribution < 1.29 is 0 Å². The minimum atomic E-state index is 0.0876. The van der Waals surface area contributed by atoms with Crippen LogP contribution in [0.4, 0.5) is 0 Å². The van der Waals surface area contributed by atoms with Crippen molar-refractivity contribution in [2.45, 2.75) is 26.8 Å². The van der Waals surface area contributed by atoms with Gasteiger partial charge in [-0.3, -0.25) is 9.36 Å². The van der Waals surface area contributed by atoms with Gasteiger partial charge in [0.25, 0.3) is 5.56 Å². The molecule has 0 aliphatic carbocycles. The molecule has 0 N–H and O–H groups in total. The summed E-state index contributed by atoms with van der Waals surface area (Å²) in [5.74, 6) is 2.24. The summed E-state index contributed by atoms with van der Waals surface area (Å²) in [6.45, 7) is 4.78. The minimum absolute atomic E-state index is 0.0876. The summed E-state index contributed by atoms with van der Waals surface area (Å²) in [6, 6.07) is 0. The first-order valence-corrected chi connectivity index (χ1v) is 7.19. The predicted molar refractivity (Wildman–Crippen MR) is 73.6 cm³/mol. The number of nitrogens with zero attached hydrogens (tertiary/aromatic N) is 2. The van der Waals surface area contributed by atoms with E-state index in [1.807, 2.05) is 18.7 Å². The number of thioether (sulfide) groups is 1. The first-order chi connectivity index (χ1) is 7.16. The molecule has 84 valence electrons. The number of aryl methyl sites for hydroxylation is 2. The van der Waals surface area contributed by atoms with Crippen molar-refractivity contribution in [3.8, 4) is 0 Å². The van der Waals surface area contributed by atoms with Crippen molar-refractivity contribution in [1.82, 2.24) is 9.55 Å². The predicted octanol–water partition coefficient (Wildman–Crippen LogP) is 2.30. The fourth-order valence-electron chi connectivity index (χ4n) is 1.19. The lowest BCUT2D eigenvalue weighted by molar-refractivity contribution is 0.637. The fourth-order valence-corrected chi connectivity index (χ4v) is 2.26. The van der Waals surface area contributed by atoms with Crippen LogP contribution in [0.15, 0.2) is 11.1 Å². The summed E-state index contributed by atoms with van der Waals surface area (Å²) in [5, 5.41) is 0. The van der Waals surface area contributed by atoms with Gasteiger partial charge in [0.05, 0.1) is 15.6 Å². The lowest BCUT2D eigenvalue weighted by atomic mass is 10.4. The molecule has 0 atom stereocenters. The van der Waals surface area contributed by atoms with Crippen LogP contribution in [-0.2, 0) is 6.54 Å². The molecule has 0 amide bonds. The zero-order valence-corrected chi connectivity index (χ0v) is 12.0. The number of halogens is 1. The van der Waals surface area contributed by atoms with Crippen molar-refractivity contribution in [2.75, 3.05) is 11.5 Å². The fraction of sp³-hybridized carbons (Fsp3) is 0.600. The number of aromatic nitrogens is 2. The molecule has 1 heterocycles. The van der Waals surface area contributed by atoms with Crippen molar-refractivity contribution >= 4 is 34.4 Å². The molecule has 1 rings (SSSR count). The summed E-state index contributed by atoms with van der Waals surface area (Å²) in [6.07, 6.45) is 2.68. The van der Waals surface area contributed by atoms with Crippen LogP contribution in [0.3, 0.4) is 0 Å². The quantitative estimate of drug-likeness (QED) is 0.610. The first-order valence-electron chi connectivity index (χ1n) is 4.96. The van der Waals surface area contributed by atoms with E-state index in [4.69, 9.17) is 0 Å². The Bertz CT molecular complexity index is 378. The molecule has 0 radical (unpaired) electrons. The first kappa shape index (κ1) is 13.0. The summed E-state index contributed by atoms with van der Waals surface area (Å²) >= 11 is 3.96. The molecular weight excluding hydrogens is 323 g/mol. The van der Waals surface area contributed by atoms with E-state index in [9.17, 15) is 4.79 Å². The molecule has 1 aromatic heterocycles. The van der Waals surface area contributed by atoms with E-state index in [1.54, 1.807) is 10.9 Å². The van der Waals surface area contributed by atoms with Crippen LogP contribution in [0, 0.1) is 10.5 Å². The lowest BCUT2D eigenvalue weighted by Crippen LogP contribution is -2.24. The van der Waals surface area contributed by atoms with E-state index in [2.05, 4.69) is 34.5 Å². The Balaban J connectivity index is 2.63. The summed E-state index contributed by atoms with van der Waals surface area (Å²) in [5.41, 5.74) is 0.907. The number of rotatable bonds is 5. The molecule has 0 aliphatic heterocycles. The zero-order chi connectivity index (χ0) is 11.3. The van der Waals surface area contributed by atoms with Crippen molar-refractivity contribution in [1.29, 1.82) is 0 Å². The second kappa shape index (κ2) is 6.52. The van der Waals surface area contributed by atoms with Gasteiger partial charge in [0.1, 0.15) is 0 Å². The standard InChI is InChI=1S/C10H15IN2OS/c1-3-15-6-4-5-13-7-12-8(2)9(11)10(13)14/h7H,3-6H2,1-2H3. The third kappa shape index (κ3) is 3.79. The van der Waals surface area contributed by atoms with Crippen LogP contribution in [0.5, 0.6) is 0 Å². The van der Waals surface area contributed by atoms with Crippen LogP contribution in [0.2, 0.25) is 0 Å². The average molecular weight is 338 g/mol. The van der Waals surface area contributed by atoms with Gasteiger partial charge in [0.15, 0.2) is 0 Å². The topological polar surface area (TPSA) is 34.9 Å². The maximum absolute atomic E-state index is 11.8. The van der Waals surface area contributed by atoms with E-state index < -0.39 is 0 Å². The number of hydrogen-bond acceptors (Lipinski definition) is 3. The van der Waals surface area contributed by atoms with Crippen molar-refractivity contribution in [3.05, 3.63) is 25.9 Å². The molecule has 0 spiro atoms. The summed E-state index contributed by atoms with van der Waals surface area (Å²) in [7, 11) is 0. The van der Waals surface area contributed by atoms with Crippen LogP contribution < -0.4 is 5.56 Å². The van der Waals surface area contributed by atoms with Crippen LogP contribution in [0.25, 0.3) is 0 Å². The van der Waals surface area contributed by atoms with Crippen molar-refractivity contribution in [3.63, 3.8) is 0 Å². The van der Waals surface area contributed by atoms with E-state index >= 15 is 0 Å². The van der Waals surface area contributed by atoms with E-state index in [0.29, 0.717) is 0 Å². The Hall–Kier alpha value is -0.0400. The van der Waals surface area contributed by atoms with Gasteiger partial charge >= 0.3 is 0 Å². The minimum Gasteiger partial charge on any atom is -0.298 e. The molecule has 3 nitrogen and oxygen atoms in total. The lowest BCUT2D eigenvalue weighted by Gasteiger charge is -2.06. The SMILES string of the molecule is CCSCCCn1cnc(C)c(I)c1=O. The molecular formula is C10H15IN2OS. The smallest absolute Gasteiger partial charge is 0.266 e. The van der Waals surface area contributed by atoms with Gasteiger partial charge in [0, 0.05) is 6.54 Å². The van der Waals surface area contributed by atoms with Gasteiger partial charge in [-0.15, -0.1) is 0 Å². The van der Waals surface area contributed by atoms with Gasteiger partial charge in [-0.05, 0) is 47.4 Å². The molecule has 0 fully saturated rings. The monoisotopic (exact) mass is 338 g/mol. The summed E-state index contributed by atoms with van der Waals surface area (Å²) in [4.78, 5) is 15.9. The normalized spacial score (nSPS) is 10.6. The molecule has 0 aliphatic rings. The highest BCUT2D eigenvalue weighted by atomic mass is 127. The highest BCUT2D eigenvalue weighted by Crippen LogP contribution is 2.04. The van der Waals surface area contributed by atoms with Crippen molar-refractivity contribution in [2.24, 2.45) is 0 Å². The van der Waals surface area contributed by atoms with E-state index in [1.165, 1.54) is 0 Å². The summed E-state index contributed by atoms with van der Waals surface area (Å²) < 4.78 is 2.43. The molecule has 0 saturated carbocycles. The molecule has 0 aromatic carbocycles. The molecule has 15 heavy (non-hydrogen) atoms. The number of hydrogen-bond donors (Lipinski definition) is 0. The molecule has 1 aromatic rings. The highest BCUT2D eigenvalue weighted by molar-refractivity contribution is 14.1. The molecule has 0 bridgehead atoms. The van der Waals surface area contributed by atoms with Gasteiger partial charge < -0.3 is 0 Å². The Morgan fingerprint density at radius 2 is 2.33 bits per heavy atom. The van der Waals surface area contributed by atoms with Gasteiger partial charge in [-0.25, -0.2) is 4.98 Å². The van der Waals surface area contributed by atoms with Gasteiger partial charge in [-0.2, -0.15) is 11.8 Å². The van der Waals surface area contributed by atoms with Gasteiger partial charge in [0.2, 0.25) is 0 Å². The van der Waals surface area contributed by atoms with Crippen LogP contribution in [-0.4, -0.2) is 21.1 Å². The maximum Gasteiger partial charge on any atom is 0.266 e. The Morgan fingerprint density at radius 1 is 1.60 bits per heavy atom. The highest BCUT2D eigenvalue weighted by Gasteiger charge is 2.04. The molecule has 0 saturated heterocycles. The van der Waals surface area contributed by atoms with Crippen LogP contribution in [0.1, 0.15) is 19.0 Å². The largest absolute Gasteiger partial charge is 0.298 e. The van der Waals surface area contributed by atoms with E-state index in [-0.39, 0.29) is 5.56 Å². The average Bonchev–Trinajstić information content (AvgIpc) is 2.24. The van der Waals surface area contributed by atoms with Crippen LogP contribution >= 0.6 is 34.4 Å². The maximum atomic E-state index is 11.8. The Kier molecular flexibility index (Phi) is 5.66. The molecule has 5 heteroatoms. The van der Waals surface area contributed by atoms with Gasteiger partial charge in [-0.1, -0.05) is 6.92 Å². The second-order valence-electron chi connectivity index (χ2n) is 3.19. The third-order valence-electron chi connectivity index (χ3n) is 2.05. The molecule has 0 unspecified atom stereocenters. The Labute approximate surface area is 108 Å². The second-order valence-corrected chi connectivity index (χ2v) is 5.67. The zero-order valence-electron chi connectivity index (χ0n) is 8.99. The Morgan fingerprint density at radius 3 is 3.00 bits per heavy atom. The van der Waals surface area contributed by atoms with E-state index in [0.717, 1.165) is 33.7 Å².